The molecule has 0 aliphatic carbocycles. The molecule has 0 radical (unpaired) electrons. The molecule has 0 aromatic heterocycles. The highest BCUT2D eigenvalue weighted by Gasteiger charge is 2.32. The van der Waals surface area contributed by atoms with E-state index in [9.17, 15) is 4.79 Å². The van der Waals surface area contributed by atoms with Gasteiger partial charge < -0.3 is 10.2 Å². The van der Waals surface area contributed by atoms with E-state index < -0.39 is 0 Å². The van der Waals surface area contributed by atoms with Crippen molar-refractivity contribution in [1.82, 2.24) is 4.90 Å². The Morgan fingerprint density at radius 3 is 2.68 bits per heavy atom. The number of nitrogens with zero attached hydrogens (tertiary/aromatic N) is 1. The van der Waals surface area contributed by atoms with Crippen LogP contribution in [0.1, 0.15) is 10.9 Å². The first-order chi connectivity index (χ1) is 10.6. The third-order valence-corrected chi connectivity index (χ3v) is 5.21. The van der Waals surface area contributed by atoms with E-state index in [4.69, 9.17) is 23.2 Å². The topological polar surface area (TPSA) is 32.3 Å². The molecule has 2 aromatic carbocycles. The summed E-state index contributed by atoms with van der Waals surface area (Å²) < 4.78 is 0. The van der Waals surface area contributed by atoms with Crippen molar-refractivity contribution < 1.29 is 4.79 Å². The molecule has 1 aliphatic rings. The third kappa shape index (κ3) is 3.35. The van der Waals surface area contributed by atoms with Crippen LogP contribution in [-0.2, 0) is 0 Å². The number of urea groups is 1. The summed E-state index contributed by atoms with van der Waals surface area (Å²) in [6.07, 6.45) is 0. The first-order valence-corrected chi connectivity index (χ1v) is 8.65. The molecular formula is C16H14Cl2N2OS. The Hall–Kier alpha value is -1.36. The van der Waals surface area contributed by atoms with Gasteiger partial charge in [-0.25, -0.2) is 4.79 Å². The molecule has 0 saturated carbocycles. The van der Waals surface area contributed by atoms with Gasteiger partial charge in [0, 0.05) is 33.6 Å². The Morgan fingerprint density at radius 1 is 1.18 bits per heavy atom. The molecule has 3 nitrogen and oxygen atoms in total. The SMILES string of the molecule is O=C(Nc1ccccc1)N1CCS[C@H]1c1ccc(Cl)cc1Cl. The number of halogens is 2. The molecule has 1 atom stereocenters. The molecule has 114 valence electrons. The van der Waals surface area contributed by atoms with Crippen molar-refractivity contribution in [2.45, 2.75) is 5.37 Å². The van der Waals surface area contributed by atoms with Gasteiger partial charge in [-0.3, -0.25) is 0 Å². The Bertz CT molecular complexity index is 681. The quantitative estimate of drug-likeness (QED) is 0.797. The van der Waals surface area contributed by atoms with Crippen molar-refractivity contribution in [3.8, 4) is 0 Å². The molecule has 3 rings (SSSR count). The van der Waals surface area contributed by atoms with Gasteiger partial charge in [0.2, 0.25) is 0 Å². The van der Waals surface area contributed by atoms with Gasteiger partial charge in [-0.15, -0.1) is 11.8 Å². The summed E-state index contributed by atoms with van der Waals surface area (Å²) in [5, 5.41) is 4.01. The predicted octanol–water partition coefficient (Wildman–Crippen LogP) is 5.27. The molecule has 0 bridgehead atoms. The van der Waals surface area contributed by atoms with E-state index in [1.165, 1.54) is 0 Å². The summed E-state index contributed by atoms with van der Waals surface area (Å²) in [7, 11) is 0. The number of rotatable bonds is 2. The normalized spacial score (nSPS) is 17.5. The van der Waals surface area contributed by atoms with E-state index in [0.717, 1.165) is 17.0 Å². The molecule has 1 aliphatic heterocycles. The number of hydrogen-bond acceptors (Lipinski definition) is 2. The molecule has 6 heteroatoms. The van der Waals surface area contributed by atoms with Crippen molar-refractivity contribution in [3.63, 3.8) is 0 Å². The maximum atomic E-state index is 12.5. The van der Waals surface area contributed by atoms with Crippen molar-refractivity contribution >= 4 is 46.7 Å². The monoisotopic (exact) mass is 352 g/mol. The number of hydrogen-bond donors (Lipinski definition) is 1. The van der Waals surface area contributed by atoms with Crippen LogP contribution in [0.25, 0.3) is 0 Å². The van der Waals surface area contributed by atoms with E-state index >= 15 is 0 Å². The van der Waals surface area contributed by atoms with Crippen LogP contribution >= 0.6 is 35.0 Å². The molecular weight excluding hydrogens is 339 g/mol. The van der Waals surface area contributed by atoms with Crippen LogP contribution in [0.5, 0.6) is 0 Å². The number of amides is 2. The van der Waals surface area contributed by atoms with Gasteiger partial charge in [0.15, 0.2) is 0 Å². The standard InChI is InChI=1S/C16H14Cl2N2OS/c17-11-6-7-13(14(18)10-11)15-20(8-9-22-15)16(21)19-12-4-2-1-3-5-12/h1-7,10,15H,8-9H2,(H,19,21)/t15-/m0/s1. The number of carbonyl (C=O) groups excluding carboxylic acids is 1. The van der Waals surface area contributed by atoms with Crippen LogP contribution in [-0.4, -0.2) is 23.2 Å². The molecule has 1 N–H and O–H groups in total. The molecule has 22 heavy (non-hydrogen) atoms. The van der Waals surface area contributed by atoms with Crippen LogP contribution in [0.4, 0.5) is 10.5 Å². The van der Waals surface area contributed by atoms with E-state index in [-0.39, 0.29) is 11.4 Å². The minimum absolute atomic E-state index is 0.0894. The lowest BCUT2D eigenvalue weighted by Crippen LogP contribution is -2.34. The van der Waals surface area contributed by atoms with Gasteiger partial charge in [0.05, 0.1) is 0 Å². The lowest BCUT2D eigenvalue weighted by atomic mass is 10.2. The van der Waals surface area contributed by atoms with Gasteiger partial charge in [0.25, 0.3) is 0 Å². The number of para-hydroxylation sites is 1. The van der Waals surface area contributed by atoms with E-state index in [2.05, 4.69) is 5.32 Å². The summed E-state index contributed by atoms with van der Waals surface area (Å²) in [5.74, 6) is 0.881. The van der Waals surface area contributed by atoms with Gasteiger partial charge in [-0.05, 0) is 24.3 Å². The van der Waals surface area contributed by atoms with Gasteiger partial charge in [-0.2, -0.15) is 0 Å². The lowest BCUT2D eigenvalue weighted by molar-refractivity contribution is 0.214. The average Bonchev–Trinajstić information content (AvgIpc) is 2.97. The molecule has 0 spiro atoms. The van der Waals surface area contributed by atoms with Crippen molar-refractivity contribution in [2.24, 2.45) is 0 Å². The molecule has 1 fully saturated rings. The molecule has 2 aromatic rings. The second kappa shape index (κ2) is 6.82. The Kier molecular flexibility index (Phi) is 4.81. The van der Waals surface area contributed by atoms with Crippen molar-refractivity contribution in [1.29, 1.82) is 0 Å². The van der Waals surface area contributed by atoms with Crippen LogP contribution < -0.4 is 5.32 Å². The van der Waals surface area contributed by atoms with Gasteiger partial charge in [0.1, 0.15) is 5.37 Å². The highest BCUT2D eigenvalue weighted by atomic mass is 35.5. The fraction of sp³-hybridized carbons (Fsp3) is 0.188. The summed E-state index contributed by atoms with van der Waals surface area (Å²) in [4.78, 5) is 14.3. The highest BCUT2D eigenvalue weighted by molar-refractivity contribution is 7.99. The molecule has 2 amide bonds. The zero-order chi connectivity index (χ0) is 15.5. The average molecular weight is 353 g/mol. The number of carbonyl (C=O) groups is 1. The molecule has 1 saturated heterocycles. The van der Waals surface area contributed by atoms with E-state index in [0.29, 0.717) is 16.6 Å². The lowest BCUT2D eigenvalue weighted by Gasteiger charge is -2.25. The summed E-state index contributed by atoms with van der Waals surface area (Å²) in [6, 6.07) is 14.7. The van der Waals surface area contributed by atoms with E-state index in [1.807, 2.05) is 36.4 Å². The number of anilines is 1. The molecule has 1 heterocycles. The minimum atomic E-state index is -0.118. The van der Waals surface area contributed by atoms with Gasteiger partial charge >= 0.3 is 6.03 Å². The summed E-state index contributed by atoms with van der Waals surface area (Å²) in [6.45, 7) is 0.687. The fourth-order valence-electron chi connectivity index (χ4n) is 2.35. The summed E-state index contributed by atoms with van der Waals surface area (Å²) in [5.41, 5.74) is 1.70. The number of benzene rings is 2. The Balaban J connectivity index is 1.79. The van der Waals surface area contributed by atoms with Crippen LogP contribution in [0.2, 0.25) is 10.0 Å². The van der Waals surface area contributed by atoms with Crippen molar-refractivity contribution in [3.05, 3.63) is 64.1 Å². The smallest absolute Gasteiger partial charge is 0.308 e. The first-order valence-electron chi connectivity index (χ1n) is 6.84. The minimum Gasteiger partial charge on any atom is -0.308 e. The maximum absolute atomic E-state index is 12.5. The van der Waals surface area contributed by atoms with Gasteiger partial charge in [-0.1, -0.05) is 47.5 Å². The maximum Gasteiger partial charge on any atom is 0.323 e. The fourth-order valence-corrected chi connectivity index (χ4v) is 4.22. The predicted molar refractivity (Wildman–Crippen MR) is 93.8 cm³/mol. The van der Waals surface area contributed by atoms with Crippen molar-refractivity contribution in [2.75, 3.05) is 17.6 Å². The second-order valence-corrected chi connectivity index (χ2v) is 6.91. The van der Waals surface area contributed by atoms with Crippen LogP contribution in [0, 0.1) is 0 Å². The number of nitrogens with one attached hydrogen (secondary N) is 1. The Labute approximate surface area is 143 Å². The second-order valence-electron chi connectivity index (χ2n) is 4.88. The largest absolute Gasteiger partial charge is 0.323 e. The van der Waals surface area contributed by atoms with Crippen LogP contribution in [0.15, 0.2) is 48.5 Å². The van der Waals surface area contributed by atoms with Crippen LogP contribution in [0.3, 0.4) is 0 Å². The number of thioether (sulfide) groups is 1. The first kappa shape index (κ1) is 15.5. The zero-order valence-electron chi connectivity index (χ0n) is 11.6. The third-order valence-electron chi connectivity index (χ3n) is 3.41. The Morgan fingerprint density at radius 2 is 1.95 bits per heavy atom. The molecule has 0 unspecified atom stereocenters. The van der Waals surface area contributed by atoms with E-state index in [1.54, 1.807) is 28.8 Å². The highest BCUT2D eigenvalue weighted by Crippen LogP contribution is 2.41. The summed E-state index contributed by atoms with van der Waals surface area (Å²) >= 11 is 13.9. The zero-order valence-corrected chi connectivity index (χ0v) is 14.0.